The molecule has 47 heavy (non-hydrogen) atoms. The Balaban J connectivity index is 0.000000490. The SMILES string of the molecule is CC(=O)c1ccccc1.CC(=O)c1ccccc1.CC(C)C([NH-])C(=O)Oc1ccc(CCC(=O)OCI)cc1OC(=O)C([NH-])C(C)C. The van der Waals surface area contributed by atoms with Crippen molar-refractivity contribution in [1.29, 1.82) is 0 Å². The zero-order chi connectivity index (χ0) is 35.5. The number of aryl methyl sites for hydroxylation is 1. The second-order valence-electron chi connectivity index (χ2n) is 11.0. The van der Waals surface area contributed by atoms with E-state index in [0.717, 1.165) is 11.1 Å². The van der Waals surface area contributed by atoms with E-state index >= 15 is 0 Å². The van der Waals surface area contributed by atoms with Crippen molar-refractivity contribution in [3.8, 4) is 11.5 Å². The van der Waals surface area contributed by atoms with Crippen LogP contribution in [0, 0.1) is 11.8 Å². The molecular formula is C36H43IN2O8-2. The molecule has 3 aromatic carbocycles. The Morgan fingerprint density at radius 2 is 1.09 bits per heavy atom. The Kier molecular flexibility index (Phi) is 19.0. The van der Waals surface area contributed by atoms with Gasteiger partial charge in [-0.15, -0.1) is 0 Å². The molecule has 0 radical (unpaired) electrons. The molecule has 2 N–H and O–H groups in total. The molecule has 0 aliphatic rings. The van der Waals surface area contributed by atoms with Gasteiger partial charge in [-0.2, -0.15) is 0 Å². The summed E-state index contributed by atoms with van der Waals surface area (Å²) in [5.74, 6) is -2.16. The Labute approximate surface area is 290 Å². The van der Waals surface area contributed by atoms with E-state index in [1.165, 1.54) is 12.1 Å². The topological polar surface area (TPSA) is 161 Å². The maximum Gasteiger partial charge on any atom is 0.306 e. The summed E-state index contributed by atoms with van der Waals surface area (Å²) in [6.07, 6.45) is 0.487. The Morgan fingerprint density at radius 3 is 1.45 bits per heavy atom. The molecule has 3 aromatic rings. The third-order valence-electron chi connectivity index (χ3n) is 6.46. The number of Topliss-reactive ketones (excluding diaryl/α,β-unsaturated/α-hetero) is 2. The molecular weight excluding hydrogens is 715 g/mol. The van der Waals surface area contributed by atoms with Gasteiger partial charge in [0.2, 0.25) is 0 Å². The minimum atomic E-state index is -1.10. The number of alkyl halides is 1. The van der Waals surface area contributed by atoms with Gasteiger partial charge in [0.25, 0.3) is 11.9 Å². The fourth-order valence-corrected chi connectivity index (χ4v) is 3.83. The summed E-state index contributed by atoms with van der Waals surface area (Å²) in [4.78, 5) is 57.2. The number of hydrogen-bond donors (Lipinski definition) is 0. The summed E-state index contributed by atoms with van der Waals surface area (Å²) in [5.41, 5.74) is 18.0. The minimum absolute atomic E-state index is 0.00389. The number of ketones is 2. The van der Waals surface area contributed by atoms with Gasteiger partial charge in [0.05, 0.1) is 0 Å². The molecule has 10 nitrogen and oxygen atoms in total. The van der Waals surface area contributed by atoms with Crippen molar-refractivity contribution < 1.29 is 38.2 Å². The molecule has 0 spiro atoms. The molecule has 0 bridgehead atoms. The lowest BCUT2D eigenvalue weighted by molar-refractivity contribution is -0.141. The summed E-state index contributed by atoms with van der Waals surface area (Å²) in [7, 11) is 0. The number of hydrogen-bond acceptors (Lipinski definition) is 8. The van der Waals surface area contributed by atoms with Crippen molar-refractivity contribution in [3.05, 3.63) is 107 Å². The number of esters is 3. The van der Waals surface area contributed by atoms with E-state index in [9.17, 15) is 24.0 Å². The van der Waals surface area contributed by atoms with Crippen LogP contribution in [-0.4, -0.2) is 46.2 Å². The summed E-state index contributed by atoms with van der Waals surface area (Å²) >= 11 is 1.93. The molecule has 0 aliphatic heterocycles. The van der Waals surface area contributed by atoms with Crippen LogP contribution in [0.5, 0.6) is 11.5 Å². The molecule has 3 rings (SSSR count). The lowest BCUT2D eigenvalue weighted by atomic mass is 10.1. The number of halogens is 1. The standard InChI is InChI=1S/C20H27IN2O6.2C8H8O/c1-11(2)17(22)19(25)28-14-7-5-13(6-8-16(24)27-10-21)9-15(14)29-20(26)18(23)12(3)4;2*1-7(9)8-5-3-2-4-6-8/h5,7,9,11-12,17-18,22-23H,6,8,10H2,1-4H3;2*2-6H,1H3/q-2;;. The predicted octanol–water partition coefficient (Wildman–Crippen LogP) is 8.30. The molecule has 11 heteroatoms. The second kappa shape index (κ2) is 21.8. The number of ether oxygens (including phenoxy) is 3. The van der Waals surface area contributed by atoms with Crippen LogP contribution in [0.1, 0.15) is 74.2 Å². The van der Waals surface area contributed by atoms with E-state index in [1.807, 2.05) is 83.3 Å². The first-order valence-electron chi connectivity index (χ1n) is 15.0. The van der Waals surface area contributed by atoms with Gasteiger partial charge in [0.1, 0.15) is 4.61 Å². The fourth-order valence-electron chi connectivity index (χ4n) is 3.49. The van der Waals surface area contributed by atoms with Crippen molar-refractivity contribution in [1.82, 2.24) is 0 Å². The lowest BCUT2D eigenvalue weighted by Gasteiger charge is -2.24. The normalized spacial score (nSPS) is 11.6. The van der Waals surface area contributed by atoms with Crippen LogP contribution in [0.4, 0.5) is 0 Å². The summed E-state index contributed by atoms with van der Waals surface area (Å²) in [5, 5.41) is 0. The molecule has 2 unspecified atom stereocenters. The monoisotopic (exact) mass is 758 g/mol. The summed E-state index contributed by atoms with van der Waals surface area (Å²) in [6, 6.07) is 20.9. The van der Waals surface area contributed by atoms with E-state index in [-0.39, 0.29) is 51.9 Å². The molecule has 0 heterocycles. The van der Waals surface area contributed by atoms with Crippen molar-refractivity contribution in [3.63, 3.8) is 0 Å². The van der Waals surface area contributed by atoms with Gasteiger partial charge < -0.3 is 25.7 Å². The highest BCUT2D eigenvalue weighted by atomic mass is 127. The van der Waals surface area contributed by atoms with Gasteiger partial charge in [-0.25, -0.2) is 0 Å². The Morgan fingerprint density at radius 1 is 0.660 bits per heavy atom. The average Bonchev–Trinajstić information content (AvgIpc) is 3.05. The van der Waals surface area contributed by atoms with Crippen molar-refractivity contribution >= 4 is 52.1 Å². The van der Waals surface area contributed by atoms with Gasteiger partial charge in [-0.1, -0.05) is 106 Å². The third-order valence-corrected chi connectivity index (χ3v) is 6.78. The van der Waals surface area contributed by atoms with Crippen LogP contribution in [-0.2, 0) is 25.5 Å². The van der Waals surface area contributed by atoms with Crippen LogP contribution < -0.4 is 9.47 Å². The third kappa shape index (κ3) is 15.9. The van der Waals surface area contributed by atoms with Crippen LogP contribution in [0.15, 0.2) is 78.9 Å². The zero-order valence-corrected chi connectivity index (χ0v) is 29.7. The summed E-state index contributed by atoms with van der Waals surface area (Å²) in [6.45, 7) is 10.0. The highest BCUT2D eigenvalue weighted by Crippen LogP contribution is 2.31. The number of carbonyl (C=O) groups excluding carboxylic acids is 5. The molecule has 0 saturated carbocycles. The zero-order valence-electron chi connectivity index (χ0n) is 27.6. The molecule has 0 saturated heterocycles. The van der Waals surface area contributed by atoms with Gasteiger partial charge >= 0.3 is 5.97 Å². The first kappa shape index (κ1) is 41.1. The van der Waals surface area contributed by atoms with Crippen LogP contribution in [0.25, 0.3) is 11.5 Å². The molecule has 2 atom stereocenters. The first-order valence-corrected chi connectivity index (χ1v) is 16.5. The molecule has 0 amide bonds. The highest BCUT2D eigenvalue weighted by Gasteiger charge is 2.20. The lowest BCUT2D eigenvalue weighted by Crippen LogP contribution is -2.29. The quantitative estimate of drug-likeness (QED) is 0.0586. The highest BCUT2D eigenvalue weighted by molar-refractivity contribution is 14.1. The number of rotatable bonds is 12. The van der Waals surface area contributed by atoms with Crippen LogP contribution in [0.2, 0.25) is 0 Å². The predicted molar refractivity (Wildman–Crippen MR) is 190 cm³/mol. The van der Waals surface area contributed by atoms with Gasteiger partial charge in [0.15, 0.2) is 23.1 Å². The van der Waals surface area contributed by atoms with E-state index in [2.05, 4.69) is 0 Å². The second-order valence-corrected chi connectivity index (χ2v) is 11.7. The fraction of sp³-hybridized carbons (Fsp3) is 0.361. The van der Waals surface area contributed by atoms with Gasteiger partial charge in [-0.3, -0.25) is 24.0 Å². The van der Waals surface area contributed by atoms with Crippen LogP contribution >= 0.6 is 22.6 Å². The van der Waals surface area contributed by atoms with Gasteiger partial charge in [-0.05, 0) is 72.6 Å². The number of carbonyl (C=O) groups is 5. The maximum absolute atomic E-state index is 12.2. The molecule has 0 aromatic heterocycles. The van der Waals surface area contributed by atoms with Crippen molar-refractivity contribution in [2.75, 3.05) is 4.61 Å². The molecule has 254 valence electrons. The van der Waals surface area contributed by atoms with Crippen molar-refractivity contribution in [2.24, 2.45) is 11.8 Å². The number of benzene rings is 3. The average molecular weight is 759 g/mol. The largest absolute Gasteiger partial charge is 0.665 e. The molecule has 0 aliphatic carbocycles. The first-order chi connectivity index (χ1) is 22.2. The van der Waals surface area contributed by atoms with Crippen LogP contribution in [0.3, 0.4) is 0 Å². The van der Waals surface area contributed by atoms with E-state index in [0.29, 0.717) is 12.0 Å². The van der Waals surface area contributed by atoms with E-state index in [1.54, 1.807) is 47.6 Å². The maximum atomic E-state index is 12.2. The van der Waals surface area contributed by atoms with E-state index < -0.39 is 24.0 Å². The molecule has 0 fully saturated rings. The minimum Gasteiger partial charge on any atom is -0.665 e. The number of nitrogens with one attached hydrogen (secondary N) is 2. The van der Waals surface area contributed by atoms with Gasteiger partial charge in [0, 0.05) is 17.5 Å². The van der Waals surface area contributed by atoms with Crippen molar-refractivity contribution in [2.45, 2.75) is 66.5 Å². The van der Waals surface area contributed by atoms with E-state index in [4.69, 9.17) is 25.7 Å². The Bertz CT molecular complexity index is 1400. The summed E-state index contributed by atoms with van der Waals surface area (Å²) < 4.78 is 15.7. The Hall–Kier alpha value is -3.94. The smallest absolute Gasteiger partial charge is 0.306 e.